The van der Waals surface area contributed by atoms with Gasteiger partial charge in [-0.05, 0) is 104 Å². The van der Waals surface area contributed by atoms with Gasteiger partial charge in [0.25, 0.3) is 11.8 Å². The van der Waals surface area contributed by atoms with Crippen molar-refractivity contribution in [2.45, 2.75) is 43.9 Å². The number of benzene rings is 2. The molecule has 0 unspecified atom stereocenters. The van der Waals surface area contributed by atoms with Gasteiger partial charge in [-0.3, -0.25) is 14.9 Å². The van der Waals surface area contributed by atoms with Crippen molar-refractivity contribution in [3.8, 4) is 5.75 Å². The van der Waals surface area contributed by atoms with Crippen LogP contribution in [-0.2, 0) is 24.5 Å². The SMILES string of the molecule is COC(=O)COc1ccc(Br)cc1/C=C1\C(=O)NC(=O)N(c2ccc(C34CC5CC(CC(C5)C3)C4)cc2)C1=O. The van der Waals surface area contributed by atoms with Gasteiger partial charge in [0.15, 0.2) is 6.61 Å². The summed E-state index contributed by atoms with van der Waals surface area (Å²) in [5.74, 6) is 0.600. The highest BCUT2D eigenvalue weighted by Gasteiger charge is 2.51. The van der Waals surface area contributed by atoms with E-state index < -0.39 is 23.8 Å². The Labute approximate surface area is 234 Å². The predicted octanol–water partition coefficient (Wildman–Crippen LogP) is 5.14. The second kappa shape index (κ2) is 9.93. The summed E-state index contributed by atoms with van der Waals surface area (Å²) in [4.78, 5) is 51.6. The van der Waals surface area contributed by atoms with Crippen LogP contribution in [0.25, 0.3) is 6.08 Å². The third-order valence-corrected chi connectivity index (χ3v) is 9.22. The number of imide groups is 2. The highest BCUT2D eigenvalue weighted by atomic mass is 79.9. The normalized spacial score (nSPS) is 28.6. The summed E-state index contributed by atoms with van der Waals surface area (Å²) in [5.41, 5.74) is 2.05. The van der Waals surface area contributed by atoms with E-state index in [1.165, 1.54) is 57.3 Å². The Balaban J connectivity index is 1.28. The topological polar surface area (TPSA) is 102 Å². The number of hydrogen-bond donors (Lipinski definition) is 1. The maximum absolute atomic E-state index is 13.5. The molecule has 1 N–H and O–H groups in total. The lowest BCUT2D eigenvalue weighted by Crippen LogP contribution is -2.54. The molecule has 0 spiro atoms. The second-order valence-corrected chi connectivity index (χ2v) is 12.2. The van der Waals surface area contributed by atoms with Crippen molar-refractivity contribution in [3.63, 3.8) is 0 Å². The van der Waals surface area contributed by atoms with Crippen LogP contribution in [-0.4, -0.2) is 37.5 Å². The van der Waals surface area contributed by atoms with Crippen LogP contribution in [0.15, 0.2) is 52.5 Å². The summed E-state index contributed by atoms with van der Waals surface area (Å²) in [6, 6.07) is 11.9. The number of ether oxygens (including phenoxy) is 2. The molecule has 5 fully saturated rings. The number of carbonyl (C=O) groups excluding carboxylic acids is 4. The molecule has 7 rings (SSSR count). The van der Waals surface area contributed by atoms with Crippen LogP contribution >= 0.6 is 15.9 Å². The van der Waals surface area contributed by atoms with Gasteiger partial charge in [-0.15, -0.1) is 0 Å². The van der Waals surface area contributed by atoms with Crippen LogP contribution in [0, 0.1) is 17.8 Å². The first-order valence-corrected chi connectivity index (χ1v) is 14.0. The van der Waals surface area contributed by atoms with Gasteiger partial charge in [0.05, 0.1) is 12.8 Å². The van der Waals surface area contributed by atoms with Crippen molar-refractivity contribution in [1.29, 1.82) is 0 Å². The van der Waals surface area contributed by atoms with Gasteiger partial charge < -0.3 is 9.47 Å². The lowest BCUT2D eigenvalue weighted by Gasteiger charge is -2.57. The molecule has 1 aliphatic heterocycles. The standard InChI is InChI=1S/C30H29BrN2O6/c1-38-26(34)16-39-25-7-4-22(31)11-20(25)12-24-27(35)32-29(37)33(28(24)36)23-5-2-21(3-6-23)30-13-17-8-18(14-30)10-19(9-17)15-30/h2-7,11-12,17-19H,8-10,13-16H2,1H3,(H,32,35,37)/b24-12+. The minimum Gasteiger partial charge on any atom is -0.481 e. The molecule has 4 bridgehead atoms. The molecule has 4 saturated carbocycles. The van der Waals surface area contributed by atoms with E-state index in [1.54, 1.807) is 18.2 Å². The van der Waals surface area contributed by atoms with Gasteiger partial charge in [-0.25, -0.2) is 14.5 Å². The highest BCUT2D eigenvalue weighted by Crippen LogP contribution is 2.60. The molecule has 4 amide bonds. The average Bonchev–Trinajstić information content (AvgIpc) is 2.90. The van der Waals surface area contributed by atoms with Gasteiger partial charge in [-0.1, -0.05) is 28.1 Å². The summed E-state index contributed by atoms with van der Waals surface area (Å²) < 4.78 is 10.8. The Kier molecular flexibility index (Phi) is 6.57. The lowest BCUT2D eigenvalue weighted by atomic mass is 9.48. The van der Waals surface area contributed by atoms with Crippen LogP contribution in [0.2, 0.25) is 0 Å². The Morgan fingerprint density at radius 1 is 1.03 bits per heavy atom. The van der Waals surface area contributed by atoms with Crippen molar-refractivity contribution in [3.05, 3.63) is 63.6 Å². The zero-order valence-electron chi connectivity index (χ0n) is 21.6. The predicted molar refractivity (Wildman–Crippen MR) is 147 cm³/mol. The number of amides is 4. The number of barbiturate groups is 1. The molecular formula is C30H29BrN2O6. The number of esters is 1. The first-order chi connectivity index (χ1) is 18.7. The Hall–Kier alpha value is -3.46. The number of carbonyl (C=O) groups is 4. The zero-order chi connectivity index (χ0) is 27.3. The smallest absolute Gasteiger partial charge is 0.343 e. The molecule has 0 radical (unpaired) electrons. The maximum atomic E-state index is 13.5. The molecule has 2 aromatic rings. The third kappa shape index (κ3) is 4.77. The average molecular weight is 593 g/mol. The minimum atomic E-state index is -0.801. The van der Waals surface area contributed by atoms with E-state index in [9.17, 15) is 19.2 Å². The molecule has 2 aromatic carbocycles. The Morgan fingerprint density at radius 2 is 1.67 bits per heavy atom. The number of hydrogen-bond acceptors (Lipinski definition) is 6. The molecule has 0 atom stereocenters. The summed E-state index contributed by atoms with van der Waals surface area (Å²) in [6.45, 7) is -0.338. The molecule has 4 aliphatic carbocycles. The van der Waals surface area contributed by atoms with Crippen LogP contribution < -0.4 is 15.0 Å². The number of methoxy groups -OCH3 is 1. The van der Waals surface area contributed by atoms with Crippen LogP contribution in [0.5, 0.6) is 5.75 Å². The maximum Gasteiger partial charge on any atom is 0.343 e. The first-order valence-electron chi connectivity index (χ1n) is 13.3. The number of rotatable bonds is 6. The number of urea groups is 1. The van der Waals surface area contributed by atoms with Crippen molar-refractivity contribution in [1.82, 2.24) is 5.32 Å². The van der Waals surface area contributed by atoms with E-state index in [4.69, 9.17) is 4.74 Å². The molecule has 1 saturated heterocycles. The van der Waals surface area contributed by atoms with Crippen LogP contribution in [0.1, 0.15) is 49.7 Å². The fourth-order valence-corrected chi connectivity index (χ4v) is 7.81. The number of anilines is 1. The second-order valence-electron chi connectivity index (χ2n) is 11.2. The molecule has 9 heteroatoms. The lowest BCUT2D eigenvalue weighted by molar-refractivity contribution is -0.143. The van der Waals surface area contributed by atoms with E-state index >= 15 is 0 Å². The molecule has 1 heterocycles. The van der Waals surface area contributed by atoms with E-state index in [0.717, 1.165) is 22.7 Å². The van der Waals surface area contributed by atoms with Gasteiger partial charge in [0.1, 0.15) is 11.3 Å². The monoisotopic (exact) mass is 592 g/mol. The number of halogens is 1. The Morgan fingerprint density at radius 3 is 2.28 bits per heavy atom. The molecule has 39 heavy (non-hydrogen) atoms. The molecular weight excluding hydrogens is 564 g/mol. The molecule has 202 valence electrons. The van der Waals surface area contributed by atoms with Crippen LogP contribution in [0.3, 0.4) is 0 Å². The van der Waals surface area contributed by atoms with Crippen molar-refractivity contribution in [2.75, 3.05) is 18.6 Å². The Bertz CT molecular complexity index is 1360. The summed E-state index contributed by atoms with van der Waals surface area (Å²) in [6.07, 6.45) is 9.09. The molecule has 0 aromatic heterocycles. The zero-order valence-corrected chi connectivity index (χ0v) is 23.2. The van der Waals surface area contributed by atoms with Gasteiger partial charge in [0, 0.05) is 10.0 Å². The summed E-state index contributed by atoms with van der Waals surface area (Å²) in [5, 5.41) is 2.28. The van der Waals surface area contributed by atoms with Crippen molar-refractivity contribution in [2.24, 2.45) is 17.8 Å². The third-order valence-electron chi connectivity index (χ3n) is 8.72. The number of nitrogens with one attached hydrogen (secondary N) is 1. The molecule has 5 aliphatic rings. The fraction of sp³-hybridized carbons (Fsp3) is 0.400. The fourth-order valence-electron chi connectivity index (χ4n) is 7.43. The largest absolute Gasteiger partial charge is 0.481 e. The first kappa shape index (κ1) is 25.8. The van der Waals surface area contributed by atoms with Gasteiger partial charge in [-0.2, -0.15) is 0 Å². The van der Waals surface area contributed by atoms with E-state index in [0.29, 0.717) is 15.7 Å². The number of nitrogens with zero attached hydrogens (tertiary/aromatic N) is 1. The van der Waals surface area contributed by atoms with Crippen molar-refractivity contribution >= 4 is 51.5 Å². The van der Waals surface area contributed by atoms with E-state index in [2.05, 4.69) is 38.1 Å². The van der Waals surface area contributed by atoms with Gasteiger partial charge in [0.2, 0.25) is 0 Å². The van der Waals surface area contributed by atoms with E-state index in [1.807, 2.05) is 12.1 Å². The highest BCUT2D eigenvalue weighted by molar-refractivity contribution is 9.10. The van der Waals surface area contributed by atoms with Crippen LogP contribution in [0.4, 0.5) is 10.5 Å². The quantitative estimate of drug-likeness (QED) is 0.283. The molecule has 8 nitrogen and oxygen atoms in total. The van der Waals surface area contributed by atoms with Crippen molar-refractivity contribution < 1.29 is 28.7 Å². The summed E-state index contributed by atoms with van der Waals surface area (Å²) >= 11 is 3.38. The van der Waals surface area contributed by atoms with E-state index in [-0.39, 0.29) is 23.3 Å². The van der Waals surface area contributed by atoms with Gasteiger partial charge >= 0.3 is 12.0 Å². The minimum absolute atomic E-state index is 0.198. The summed E-state index contributed by atoms with van der Waals surface area (Å²) in [7, 11) is 1.25.